The molecule has 0 aliphatic rings. The number of halogens is 1. The van der Waals surface area contributed by atoms with E-state index in [1.165, 1.54) is 30.0 Å². The molecule has 2 N–H and O–H groups in total. The summed E-state index contributed by atoms with van der Waals surface area (Å²) in [6, 6.07) is 12.7. The number of carbonyl (C=O) groups is 2. The molecular weight excluding hydrogens is 382 g/mol. The molecule has 136 valence electrons. The number of nitrogens with zero attached hydrogens (tertiary/aromatic N) is 1. The number of carbonyl (C=O) groups excluding carboxylic acids is 2. The van der Waals surface area contributed by atoms with Gasteiger partial charge in [0.05, 0.1) is 10.7 Å². The molecular formula is C16H14ClN3O5S. The number of ether oxygens (including phenoxy) is 1. The van der Waals surface area contributed by atoms with Crippen molar-refractivity contribution in [2.24, 2.45) is 0 Å². The van der Waals surface area contributed by atoms with E-state index in [0.717, 1.165) is 4.90 Å². The number of hydrogen-bond donors (Lipinski definition) is 2. The summed E-state index contributed by atoms with van der Waals surface area (Å²) in [5, 5.41) is 11.4. The van der Waals surface area contributed by atoms with E-state index in [-0.39, 0.29) is 17.2 Å². The number of nitro groups is 1. The van der Waals surface area contributed by atoms with Crippen molar-refractivity contribution in [1.82, 2.24) is 10.9 Å². The van der Waals surface area contributed by atoms with Crippen LogP contribution >= 0.6 is 23.4 Å². The van der Waals surface area contributed by atoms with Gasteiger partial charge in [-0.05, 0) is 30.3 Å². The molecule has 26 heavy (non-hydrogen) atoms. The molecule has 0 aliphatic heterocycles. The molecule has 8 nitrogen and oxygen atoms in total. The first-order chi connectivity index (χ1) is 12.5. The van der Waals surface area contributed by atoms with Crippen molar-refractivity contribution >= 4 is 40.9 Å². The second-order valence-corrected chi connectivity index (χ2v) is 6.34. The van der Waals surface area contributed by atoms with Crippen LogP contribution in [0.1, 0.15) is 0 Å². The lowest BCUT2D eigenvalue weighted by atomic mass is 10.3. The van der Waals surface area contributed by atoms with Crippen molar-refractivity contribution in [3.05, 3.63) is 63.7 Å². The summed E-state index contributed by atoms with van der Waals surface area (Å²) in [6.45, 7) is -0.477. The van der Waals surface area contributed by atoms with E-state index < -0.39 is 23.3 Å². The van der Waals surface area contributed by atoms with Crippen molar-refractivity contribution in [3.8, 4) is 5.75 Å². The van der Waals surface area contributed by atoms with Crippen molar-refractivity contribution in [1.29, 1.82) is 0 Å². The van der Waals surface area contributed by atoms with Gasteiger partial charge in [0.25, 0.3) is 5.91 Å². The number of amides is 2. The van der Waals surface area contributed by atoms with Gasteiger partial charge in [-0.1, -0.05) is 23.7 Å². The lowest BCUT2D eigenvalue weighted by Gasteiger charge is -2.09. The predicted octanol–water partition coefficient (Wildman–Crippen LogP) is 2.57. The maximum atomic E-state index is 11.7. The number of rotatable bonds is 7. The number of thioether (sulfide) groups is 1. The normalized spacial score (nSPS) is 10.0. The third kappa shape index (κ3) is 6.26. The zero-order chi connectivity index (χ0) is 18.9. The van der Waals surface area contributed by atoms with Crippen LogP contribution in [0.25, 0.3) is 0 Å². The number of para-hydroxylation sites is 2. The van der Waals surface area contributed by atoms with Crippen LogP contribution in [0.5, 0.6) is 5.75 Å². The van der Waals surface area contributed by atoms with Crippen molar-refractivity contribution in [2.75, 3.05) is 12.4 Å². The molecule has 0 spiro atoms. The summed E-state index contributed by atoms with van der Waals surface area (Å²) in [5.41, 5.74) is 4.17. The molecule has 0 aliphatic carbocycles. The fraction of sp³-hybridized carbons (Fsp3) is 0.125. The summed E-state index contributed by atoms with van der Waals surface area (Å²) >= 11 is 7.05. The van der Waals surface area contributed by atoms with Crippen LogP contribution in [0.15, 0.2) is 53.4 Å². The molecule has 2 aromatic rings. The Morgan fingerprint density at radius 3 is 2.42 bits per heavy atom. The summed E-state index contributed by atoms with van der Waals surface area (Å²) < 4.78 is 5.11. The summed E-state index contributed by atoms with van der Waals surface area (Å²) in [7, 11) is 0. The fourth-order valence-corrected chi connectivity index (χ4v) is 2.59. The van der Waals surface area contributed by atoms with Crippen molar-refractivity contribution < 1.29 is 19.2 Å². The Kier molecular flexibility index (Phi) is 7.24. The van der Waals surface area contributed by atoms with Gasteiger partial charge >= 0.3 is 5.69 Å². The zero-order valence-corrected chi connectivity index (χ0v) is 14.9. The lowest BCUT2D eigenvalue weighted by molar-refractivity contribution is -0.385. The molecule has 0 atom stereocenters. The molecule has 0 radical (unpaired) electrons. The first-order valence-electron chi connectivity index (χ1n) is 7.28. The molecule has 0 saturated heterocycles. The maximum Gasteiger partial charge on any atom is 0.310 e. The van der Waals surface area contributed by atoms with Gasteiger partial charge in [-0.25, -0.2) is 0 Å². The highest BCUT2D eigenvalue weighted by Gasteiger charge is 2.15. The quantitative estimate of drug-likeness (QED) is 0.423. The minimum atomic E-state index is -0.645. The largest absolute Gasteiger partial charge is 0.477 e. The minimum absolute atomic E-state index is 0.0303. The maximum absolute atomic E-state index is 11.7. The standard InChI is InChI=1S/C16H14ClN3O5S/c17-11-5-7-12(8-6-11)26-10-16(22)19-18-15(21)9-25-14-4-2-1-3-13(14)20(23)24/h1-8H,9-10H2,(H,18,21)(H,19,22). The Labute approximate surface area is 158 Å². The zero-order valence-electron chi connectivity index (χ0n) is 13.3. The van der Waals surface area contributed by atoms with Crippen LogP contribution in [0.3, 0.4) is 0 Å². The molecule has 2 rings (SSSR count). The van der Waals surface area contributed by atoms with Gasteiger partial charge in [0.2, 0.25) is 5.91 Å². The van der Waals surface area contributed by atoms with E-state index in [9.17, 15) is 19.7 Å². The van der Waals surface area contributed by atoms with Gasteiger partial charge in [-0.15, -0.1) is 11.8 Å². The molecule has 0 aromatic heterocycles. The first kappa shape index (κ1) is 19.5. The molecule has 0 fully saturated rings. The second-order valence-electron chi connectivity index (χ2n) is 4.85. The molecule has 2 aromatic carbocycles. The van der Waals surface area contributed by atoms with Gasteiger partial charge in [-0.3, -0.25) is 30.6 Å². The first-order valence-corrected chi connectivity index (χ1v) is 8.64. The molecule has 0 unspecified atom stereocenters. The summed E-state index contributed by atoms with van der Waals surface area (Å²) in [5.74, 6) is -0.998. The number of benzene rings is 2. The van der Waals surface area contributed by atoms with E-state index in [1.54, 1.807) is 30.3 Å². The van der Waals surface area contributed by atoms with Crippen molar-refractivity contribution in [3.63, 3.8) is 0 Å². The van der Waals surface area contributed by atoms with Crippen LogP contribution in [0.4, 0.5) is 5.69 Å². The number of nitrogens with one attached hydrogen (secondary N) is 2. The minimum Gasteiger partial charge on any atom is -0.477 e. The average Bonchev–Trinajstić information content (AvgIpc) is 2.64. The van der Waals surface area contributed by atoms with Gasteiger partial charge in [0.1, 0.15) is 0 Å². The lowest BCUT2D eigenvalue weighted by Crippen LogP contribution is -2.44. The van der Waals surface area contributed by atoms with Crippen molar-refractivity contribution in [2.45, 2.75) is 4.90 Å². The fourth-order valence-electron chi connectivity index (χ4n) is 1.76. The monoisotopic (exact) mass is 395 g/mol. The Morgan fingerprint density at radius 2 is 1.73 bits per heavy atom. The van der Waals surface area contributed by atoms with Crippen LogP contribution in [-0.4, -0.2) is 29.1 Å². The molecule has 0 heterocycles. The van der Waals surface area contributed by atoms with Crippen LogP contribution in [0.2, 0.25) is 5.02 Å². The van der Waals surface area contributed by atoms with Crippen LogP contribution in [0, 0.1) is 10.1 Å². The summed E-state index contributed by atoms with van der Waals surface area (Å²) in [6.07, 6.45) is 0. The molecule has 10 heteroatoms. The third-order valence-corrected chi connectivity index (χ3v) is 4.21. The predicted molar refractivity (Wildman–Crippen MR) is 97.1 cm³/mol. The molecule has 2 amide bonds. The van der Waals surface area contributed by atoms with Gasteiger partial charge in [0, 0.05) is 16.0 Å². The highest BCUT2D eigenvalue weighted by molar-refractivity contribution is 8.00. The van der Waals surface area contributed by atoms with E-state index in [4.69, 9.17) is 16.3 Å². The van der Waals surface area contributed by atoms with E-state index in [2.05, 4.69) is 10.9 Å². The topological polar surface area (TPSA) is 111 Å². The smallest absolute Gasteiger partial charge is 0.310 e. The van der Waals surface area contributed by atoms with Crippen LogP contribution < -0.4 is 15.6 Å². The number of hydrogen-bond acceptors (Lipinski definition) is 6. The van der Waals surface area contributed by atoms with E-state index in [0.29, 0.717) is 5.02 Å². The van der Waals surface area contributed by atoms with E-state index >= 15 is 0 Å². The van der Waals surface area contributed by atoms with Gasteiger partial charge in [0.15, 0.2) is 12.4 Å². The Morgan fingerprint density at radius 1 is 1.08 bits per heavy atom. The average molecular weight is 396 g/mol. The Hall–Kier alpha value is -2.78. The number of nitro benzene ring substituents is 1. The van der Waals surface area contributed by atoms with Crippen LogP contribution in [-0.2, 0) is 9.59 Å². The summed E-state index contributed by atoms with van der Waals surface area (Å²) in [4.78, 5) is 34.5. The third-order valence-electron chi connectivity index (χ3n) is 2.95. The number of hydrazine groups is 1. The SMILES string of the molecule is O=C(COc1ccccc1[N+](=O)[O-])NNC(=O)CSc1ccc(Cl)cc1. The Bertz CT molecular complexity index is 801. The highest BCUT2D eigenvalue weighted by atomic mass is 35.5. The van der Waals surface area contributed by atoms with Gasteiger partial charge in [-0.2, -0.15) is 0 Å². The van der Waals surface area contributed by atoms with E-state index in [1.807, 2.05) is 0 Å². The molecule has 0 saturated carbocycles. The molecule has 0 bridgehead atoms. The van der Waals surface area contributed by atoms with Gasteiger partial charge < -0.3 is 4.74 Å². The second kappa shape index (κ2) is 9.64. The Balaban J connectivity index is 1.72. The highest BCUT2D eigenvalue weighted by Crippen LogP contribution is 2.25.